The number of ether oxygens (including phenoxy) is 2. The van der Waals surface area contributed by atoms with Gasteiger partial charge in [0.2, 0.25) is 0 Å². The van der Waals surface area contributed by atoms with Crippen molar-refractivity contribution in [3.05, 3.63) is 52.8 Å². The summed E-state index contributed by atoms with van der Waals surface area (Å²) < 4.78 is 24.4. The molecular formula is C16H13ClFN3O3S. The van der Waals surface area contributed by atoms with Crippen molar-refractivity contribution < 1.29 is 18.7 Å². The fourth-order valence-electron chi connectivity index (χ4n) is 2.14. The highest BCUT2D eigenvalue weighted by Gasteiger charge is 2.19. The van der Waals surface area contributed by atoms with Gasteiger partial charge in [-0.05, 0) is 36.5 Å². The van der Waals surface area contributed by atoms with Gasteiger partial charge < -0.3 is 14.8 Å². The highest BCUT2D eigenvalue weighted by Crippen LogP contribution is 2.38. The van der Waals surface area contributed by atoms with Crippen molar-refractivity contribution in [3.63, 3.8) is 0 Å². The maximum absolute atomic E-state index is 13.5. The first-order valence-electron chi connectivity index (χ1n) is 7.25. The minimum Gasteiger partial charge on any atom is -0.486 e. The van der Waals surface area contributed by atoms with E-state index in [9.17, 15) is 9.18 Å². The van der Waals surface area contributed by atoms with E-state index < -0.39 is 11.7 Å². The van der Waals surface area contributed by atoms with E-state index in [0.717, 1.165) is 0 Å². The van der Waals surface area contributed by atoms with Crippen molar-refractivity contribution in [2.75, 3.05) is 18.5 Å². The molecule has 25 heavy (non-hydrogen) atoms. The molecule has 0 spiro atoms. The van der Waals surface area contributed by atoms with E-state index in [0.29, 0.717) is 24.7 Å². The first kappa shape index (κ1) is 17.2. The molecule has 0 unspecified atom stereocenters. The molecule has 0 radical (unpaired) electrons. The molecule has 3 N–H and O–H groups in total. The van der Waals surface area contributed by atoms with Gasteiger partial charge in [0.05, 0.1) is 10.7 Å². The highest BCUT2D eigenvalue weighted by molar-refractivity contribution is 7.80. The summed E-state index contributed by atoms with van der Waals surface area (Å²) in [5, 5.41) is 2.94. The first-order chi connectivity index (χ1) is 12.0. The van der Waals surface area contributed by atoms with Gasteiger partial charge in [0, 0.05) is 5.56 Å². The Hall–Kier alpha value is -2.58. The Balaban J connectivity index is 1.62. The lowest BCUT2D eigenvalue weighted by Crippen LogP contribution is -2.43. The Bertz CT molecular complexity index is 834. The van der Waals surface area contributed by atoms with Gasteiger partial charge in [-0.3, -0.25) is 15.6 Å². The van der Waals surface area contributed by atoms with Crippen LogP contribution in [0.1, 0.15) is 10.4 Å². The van der Waals surface area contributed by atoms with E-state index >= 15 is 0 Å². The first-order valence-corrected chi connectivity index (χ1v) is 8.04. The Labute approximate surface area is 153 Å². The highest BCUT2D eigenvalue weighted by atomic mass is 35.5. The normalized spacial score (nSPS) is 12.2. The average molecular weight is 382 g/mol. The van der Waals surface area contributed by atoms with Crippen LogP contribution in [0.15, 0.2) is 36.4 Å². The number of hydrazine groups is 1. The number of anilines is 1. The SMILES string of the molecule is O=C(NNC(=S)Nc1ccccc1F)c1cc(Cl)c2c(c1)OCCO2. The minimum atomic E-state index is -0.489. The molecule has 1 aliphatic heterocycles. The number of carbonyl (C=O) groups excluding carboxylic acids is 1. The average Bonchev–Trinajstić information content (AvgIpc) is 2.61. The fourth-order valence-corrected chi connectivity index (χ4v) is 2.57. The van der Waals surface area contributed by atoms with Crippen molar-refractivity contribution in [2.45, 2.75) is 0 Å². The van der Waals surface area contributed by atoms with E-state index in [1.54, 1.807) is 12.1 Å². The number of nitrogens with one attached hydrogen (secondary N) is 3. The largest absolute Gasteiger partial charge is 0.486 e. The topological polar surface area (TPSA) is 71.6 Å². The zero-order valence-corrected chi connectivity index (χ0v) is 14.3. The number of carbonyl (C=O) groups is 1. The number of halogens is 2. The predicted molar refractivity (Wildman–Crippen MR) is 95.7 cm³/mol. The Morgan fingerprint density at radius 1 is 1.16 bits per heavy atom. The second-order valence-electron chi connectivity index (χ2n) is 5.00. The molecule has 0 aromatic heterocycles. The number of para-hydroxylation sites is 1. The van der Waals surface area contributed by atoms with Gasteiger partial charge in [0.25, 0.3) is 5.91 Å². The van der Waals surface area contributed by atoms with Crippen LogP contribution in [0, 0.1) is 5.82 Å². The Morgan fingerprint density at radius 3 is 2.72 bits per heavy atom. The van der Waals surface area contributed by atoms with Gasteiger partial charge in [-0.2, -0.15) is 0 Å². The lowest BCUT2D eigenvalue weighted by atomic mass is 10.2. The molecule has 1 amide bonds. The standard InChI is InChI=1S/C16H13ClFN3O3S/c17-10-7-9(8-13-14(10)24-6-5-23-13)15(22)20-21-16(25)19-12-4-2-1-3-11(12)18/h1-4,7-8H,5-6H2,(H,20,22)(H2,19,21,25). The van der Waals surface area contributed by atoms with Crippen molar-refractivity contribution in [2.24, 2.45) is 0 Å². The number of benzene rings is 2. The van der Waals surface area contributed by atoms with E-state index in [4.69, 9.17) is 33.3 Å². The van der Waals surface area contributed by atoms with Crippen LogP contribution in [-0.4, -0.2) is 24.2 Å². The van der Waals surface area contributed by atoms with Crippen LogP contribution in [-0.2, 0) is 0 Å². The zero-order chi connectivity index (χ0) is 17.8. The molecule has 0 atom stereocenters. The fraction of sp³-hybridized carbons (Fsp3) is 0.125. The molecule has 2 aromatic rings. The maximum Gasteiger partial charge on any atom is 0.269 e. The molecule has 130 valence electrons. The number of hydrogen-bond donors (Lipinski definition) is 3. The van der Waals surface area contributed by atoms with Crippen LogP contribution in [0.5, 0.6) is 11.5 Å². The molecule has 3 rings (SSSR count). The van der Waals surface area contributed by atoms with Crippen molar-refractivity contribution >= 4 is 40.5 Å². The number of thiocarbonyl (C=S) groups is 1. The van der Waals surface area contributed by atoms with Crippen LogP contribution in [0.3, 0.4) is 0 Å². The summed E-state index contributed by atoms with van der Waals surface area (Å²) in [4.78, 5) is 12.2. The lowest BCUT2D eigenvalue weighted by molar-refractivity contribution is 0.0943. The monoisotopic (exact) mass is 381 g/mol. The molecule has 0 bridgehead atoms. The molecule has 2 aromatic carbocycles. The van der Waals surface area contributed by atoms with E-state index in [1.807, 2.05) is 0 Å². The summed E-state index contributed by atoms with van der Waals surface area (Å²) in [6, 6.07) is 9.00. The molecular weight excluding hydrogens is 369 g/mol. The molecule has 0 saturated carbocycles. The maximum atomic E-state index is 13.5. The van der Waals surface area contributed by atoms with Crippen molar-refractivity contribution in [3.8, 4) is 11.5 Å². The molecule has 1 aliphatic rings. The summed E-state index contributed by atoms with van der Waals surface area (Å²) in [5.74, 6) is -0.140. The van der Waals surface area contributed by atoms with Gasteiger partial charge in [-0.1, -0.05) is 23.7 Å². The van der Waals surface area contributed by atoms with Gasteiger partial charge in [0.1, 0.15) is 19.0 Å². The third kappa shape index (κ3) is 4.09. The Morgan fingerprint density at radius 2 is 1.92 bits per heavy atom. The molecule has 0 aliphatic carbocycles. The van der Waals surface area contributed by atoms with Crippen LogP contribution >= 0.6 is 23.8 Å². The quantitative estimate of drug-likeness (QED) is 0.549. The second-order valence-corrected chi connectivity index (χ2v) is 5.81. The minimum absolute atomic E-state index is 0.0297. The number of fused-ring (bicyclic) bond motifs is 1. The van der Waals surface area contributed by atoms with E-state index in [2.05, 4.69) is 16.2 Å². The smallest absolute Gasteiger partial charge is 0.269 e. The van der Waals surface area contributed by atoms with Gasteiger partial charge in [-0.25, -0.2) is 4.39 Å². The number of hydrogen-bond acceptors (Lipinski definition) is 4. The van der Waals surface area contributed by atoms with Gasteiger partial charge in [-0.15, -0.1) is 0 Å². The summed E-state index contributed by atoms with van der Waals surface area (Å²) in [6.45, 7) is 0.777. The molecule has 0 saturated heterocycles. The molecule has 0 fully saturated rings. The zero-order valence-electron chi connectivity index (χ0n) is 12.8. The Kier molecular flexibility index (Phi) is 5.20. The predicted octanol–water partition coefficient (Wildman–Crippen LogP) is 2.88. The van der Waals surface area contributed by atoms with E-state index in [1.165, 1.54) is 24.3 Å². The third-order valence-corrected chi connectivity index (χ3v) is 3.76. The van der Waals surface area contributed by atoms with Crippen LogP contribution in [0.4, 0.5) is 10.1 Å². The summed E-state index contributed by atoms with van der Waals surface area (Å²) in [5.41, 5.74) is 5.35. The van der Waals surface area contributed by atoms with Crippen molar-refractivity contribution in [1.29, 1.82) is 0 Å². The molecule has 6 nitrogen and oxygen atoms in total. The van der Waals surface area contributed by atoms with Crippen LogP contribution in [0.25, 0.3) is 0 Å². The summed E-state index contributed by atoms with van der Waals surface area (Å²) in [6.07, 6.45) is 0. The summed E-state index contributed by atoms with van der Waals surface area (Å²) >= 11 is 11.1. The van der Waals surface area contributed by atoms with Gasteiger partial charge >= 0.3 is 0 Å². The summed E-state index contributed by atoms with van der Waals surface area (Å²) in [7, 11) is 0. The van der Waals surface area contributed by atoms with Crippen LogP contribution in [0.2, 0.25) is 5.02 Å². The van der Waals surface area contributed by atoms with Crippen molar-refractivity contribution in [1.82, 2.24) is 10.9 Å². The number of amides is 1. The van der Waals surface area contributed by atoms with E-state index in [-0.39, 0.29) is 21.4 Å². The molecule has 1 heterocycles. The van der Waals surface area contributed by atoms with Gasteiger partial charge in [0.15, 0.2) is 16.6 Å². The van der Waals surface area contributed by atoms with Crippen LogP contribution < -0.4 is 25.6 Å². The second kappa shape index (κ2) is 7.54. The molecule has 9 heteroatoms. The third-order valence-electron chi connectivity index (χ3n) is 3.27. The number of rotatable bonds is 2. The lowest BCUT2D eigenvalue weighted by Gasteiger charge is -2.20.